The van der Waals surface area contributed by atoms with Crippen molar-refractivity contribution in [2.75, 3.05) is 13.1 Å². The molecule has 1 aromatic rings. The van der Waals surface area contributed by atoms with Crippen LogP contribution in [0.15, 0.2) is 4.79 Å². The largest absolute Gasteiger partial charge is 0.343 e. The fourth-order valence-electron chi connectivity index (χ4n) is 1.57. The van der Waals surface area contributed by atoms with Crippen molar-refractivity contribution in [3.05, 3.63) is 16.3 Å². The number of aromatic nitrogens is 3. The van der Waals surface area contributed by atoms with E-state index in [9.17, 15) is 9.59 Å². The van der Waals surface area contributed by atoms with Crippen LogP contribution in [-0.4, -0.2) is 38.7 Å². The summed E-state index contributed by atoms with van der Waals surface area (Å²) in [6, 6.07) is 0. The van der Waals surface area contributed by atoms with Gasteiger partial charge in [0.2, 0.25) is 5.82 Å². The summed E-state index contributed by atoms with van der Waals surface area (Å²) in [6.45, 7) is 1.52. The average molecular weight is 196 g/mol. The van der Waals surface area contributed by atoms with E-state index < -0.39 is 0 Å². The van der Waals surface area contributed by atoms with Gasteiger partial charge >= 0.3 is 5.69 Å². The Bertz CT molecular complexity index is 400. The lowest BCUT2D eigenvalue weighted by Crippen LogP contribution is -2.28. The number of aromatic amines is 1. The van der Waals surface area contributed by atoms with Crippen LogP contribution in [-0.2, 0) is 7.05 Å². The van der Waals surface area contributed by atoms with E-state index in [-0.39, 0.29) is 17.4 Å². The van der Waals surface area contributed by atoms with Crippen LogP contribution in [0.5, 0.6) is 0 Å². The molecule has 76 valence electrons. The lowest BCUT2D eigenvalue weighted by Gasteiger charge is -2.11. The maximum Gasteiger partial charge on any atom is 0.343 e. The third-order valence-electron chi connectivity index (χ3n) is 2.37. The molecule has 0 atom stereocenters. The lowest BCUT2D eigenvalue weighted by molar-refractivity contribution is 0.0780. The second kappa shape index (κ2) is 3.28. The van der Waals surface area contributed by atoms with Crippen LogP contribution >= 0.6 is 0 Å². The molecule has 6 heteroatoms. The first-order valence-electron chi connectivity index (χ1n) is 4.61. The van der Waals surface area contributed by atoms with Crippen molar-refractivity contribution in [1.82, 2.24) is 19.7 Å². The number of likely N-dealkylation sites (tertiary alicyclic amines) is 1. The van der Waals surface area contributed by atoms with Crippen molar-refractivity contribution in [3.8, 4) is 0 Å². The number of aryl methyl sites for hydroxylation is 1. The Morgan fingerprint density at radius 1 is 1.43 bits per heavy atom. The first-order valence-corrected chi connectivity index (χ1v) is 4.61. The summed E-state index contributed by atoms with van der Waals surface area (Å²) in [4.78, 5) is 26.9. The summed E-state index contributed by atoms with van der Waals surface area (Å²) in [5.74, 6) is -0.0420. The number of nitrogens with one attached hydrogen (secondary N) is 1. The summed E-state index contributed by atoms with van der Waals surface area (Å²) in [6.07, 6.45) is 2.06. The van der Waals surface area contributed by atoms with Crippen LogP contribution in [0, 0.1) is 0 Å². The van der Waals surface area contributed by atoms with Gasteiger partial charge in [0.15, 0.2) is 0 Å². The monoisotopic (exact) mass is 196 g/mol. The molecule has 1 N–H and O–H groups in total. The second-order valence-electron chi connectivity index (χ2n) is 3.40. The normalized spacial score (nSPS) is 16.2. The summed E-state index contributed by atoms with van der Waals surface area (Å²) in [5, 5.41) is 3.81. The number of amides is 1. The van der Waals surface area contributed by atoms with Gasteiger partial charge < -0.3 is 4.90 Å². The molecule has 1 fully saturated rings. The highest BCUT2D eigenvalue weighted by molar-refractivity contribution is 5.90. The van der Waals surface area contributed by atoms with E-state index in [1.165, 1.54) is 7.05 Å². The van der Waals surface area contributed by atoms with Crippen LogP contribution < -0.4 is 5.69 Å². The first-order chi connectivity index (χ1) is 6.68. The fraction of sp³-hybridized carbons (Fsp3) is 0.625. The van der Waals surface area contributed by atoms with Gasteiger partial charge in [0.05, 0.1) is 0 Å². The van der Waals surface area contributed by atoms with Crippen molar-refractivity contribution >= 4 is 5.91 Å². The summed E-state index contributed by atoms with van der Waals surface area (Å²) < 4.78 is 1.13. The molecule has 0 radical (unpaired) electrons. The standard InChI is InChI=1S/C8H12N4O2/c1-11-8(14)9-6(10-11)7(13)12-4-2-3-5-12/h2-5H2,1H3,(H,9,10,14). The topological polar surface area (TPSA) is 71.0 Å². The number of H-pyrrole nitrogens is 1. The van der Waals surface area contributed by atoms with E-state index >= 15 is 0 Å². The number of rotatable bonds is 1. The number of hydrogen-bond acceptors (Lipinski definition) is 3. The fourth-order valence-corrected chi connectivity index (χ4v) is 1.57. The number of nitrogens with zero attached hydrogens (tertiary/aromatic N) is 3. The van der Waals surface area contributed by atoms with Gasteiger partial charge in [0.1, 0.15) is 0 Å². The maximum atomic E-state index is 11.7. The summed E-state index contributed by atoms with van der Waals surface area (Å²) in [7, 11) is 1.51. The van der Waals surface area contributed by atoms with Crippen molar-refractivity contribution < 1.29 is 4.79 Å². The zero-order valence-electron chi connectivity index (χ0n) is 7.99. The highest BCUT2D eigenvalue weighted by atomic mass is 16.2. The summed E-state index contributed by atoms with van der Waals surface area (Å²) >= 11 is 0. The van der Waals surface area contributed by atoms with E-state index in [0.29, 0.717) is 0 Å². The van der Waals surface area contributed by atoms with Gasteiger partial charge in [-0.05, 0) is 12.8 Å². The SMILES string of the molecule is Cn1nc(C(=O)N2CCCC2)[nH]c1=O. The quantitative estimate of drug-likeness (QED) is 0.648. The minimum Gasteiger partial charge on any atom is -0.336 e. The van der Waals surface area contributed by atoms with Crippen LogP contribution in [0.3, 0.4) is 0 Å². The van der Waals surface area contributed by atoms with Crippen molar-refractivity contribution in [3.63, 3.8) is 0 Å². The molecular weight excluding hydrogens is 184 g/mol. The Balaban J connectivity index is 2.22. The molecule has 1 saturated heterocycles. The Morgan fingerprint density at radius 3 is 2.57 bits per heavy atom. The van der Waals surface area contributed by atoms with Gasteiger partial charge in [-0.25, -0.2) is 9.48 Å². The Morgan fingerprint density at radius 2 is 2.07 bits per heavy atom. The van der Waals surface area contributed by atoms with Gasteiger partial charge in [0.25, 0.3) is 5.91 Å². The zero-order chi connectivity index (χ0) is 10.1. The Labute approximate surface area is 80.5 Å². The van der Waals surface area contributed by atoms with Crippen molar-refractivity contribution in [1.29, 1.82) is 0 Å². The Hall–Kier alpha value is -1.59. The molecule has 0 saturated carbocycles. The number of carbonyl (C=O) groups is 1. The third-order valence-corrected chi connectivity index (χ3v) is 2.37. The van der Waals surface area contributed by atoms with Crippen LogP contribution in [0.2, 0.25) is 0 Å². The van der Waals surface area contributed by atoms with Crippen LogP contribution in [0.1, 0.15) is 23.5 Å². The van der Waals surface area contributed by atoms with Gasteiger partial charge in [-0.1, -0.05) is 0 Å². The molecule has 1 aliphatic rings. The predicted octanol–water partition coefficient (Wildman–Crippen LogP) is -0.656. The molecule has 1 aliphatic heterocycles. The molecule has 1 aromatic heterocycles. The van der Waals surface area contributed by atoms with E-state index in [1.807, 2.05) is 0 Å². The van der Waals surface area contributed by atoms with Gasteiger partial charge in [-0.2, -0.15) is 0 Å². The van der Waals surface area contributed by atoms with E-state index in [1.54, 1.807) is 4.90 Å². The second-order valence-corrected chi connectivity index (χ2v) is 3.40. The van der Waals surface area contributed by atoms with Crippen molar-refractivity contribution in [2.24, 2.45) is 7.05 Å². The van der Waals surface area contributed by atoms with Gasteiger partial charge in [-0.15, -0.1) is 5.10 Å². The number of hydrogen-bond donors (Lipinski definition) is 1. The molecule has 0 aliphatic carbocycles. The Kier molecular flexibility index (Phi) is 2.11. The molecular formula is C8H12N4O2. The van der Waals surface area contributed by atoms with Crippen LogP contribution in [0.4, 0.5) is 0 Å². The van der Waals surface area contributed by atoms with Gasteiger partial charge in [-0.3, -0.25) is 9.78 Å². The highest BCUT2D eigenvalue weighted by Crippen LogP contribution is 2.09. The molecule has 1 amide bonds. The summed E-state index contributed by atoms with van der Waals surface area (Å²) in [5.41, 5.74) is -0.354. The molecule has 0 spiro atoms. The maximum absolute atomic E-state index is 11.7. The number of carbonyl (C=O) groups excluding carboxylic acids is 1. The minimum atomic E-state index is -0.354. The third kappa shape index (κ3) is 1.43. The van der Waals surface area contributed by atoms with E-state index in [2.05, 4.69) is 10.1 Å². The highest BCUT2D eigenvalue weighted by Gasteiger charge is 2.22. The minimum absolute atomic E-state index is 0.138. The van der Waals surface area contributed by atoms with Crippen LogP contribution in [0.25, 0.3) is 0 Å². The molecule has 0 bridgehead atoms. The molecule has 14 heavy (non-hydrogen) atoms. The molecule has 2 rings (SSSR count). The van der Waals surface area contributed by atoms with E-state index in [0.717, 1.165) is 30.6 Å². The predicted molar refractivity (Wildman–Crippen MR) is 49.0 cm³/mol. The average Bonchev–Trinajstić information content (AvgIpc) is 2.76. The first kappa shape index (κ1) is 8.98. The van der Waals surface area contributed by atoms with Gasteiger partial charge in [0, 0.05) is 20.1 Å². The molecule has 2 heterocycles. The van der Waals surface area contributed by atoms with Crippen molar-refractivity contribution in [2.45, 2.75) is 12.8 Å². The zero-order valence-corrected chi connectivity index (χ0v) is 7.99. The molecule has 0 unspecified atom stereocenters. The van der Waals surface area contributed by atoms with E-state index in [4.69, 9.17) is 0 Å². The molecule has 6 nitrogen and oxygen atoms in total. The smallest absolute Gasteiger partial charge is 0.336 e. The lowest BCUT2D eigenvalue weighted by atomic mass is 10.4. The molecule has 0 aromatic carbocycles.